The molecule has 2 heterocycles. The van der Waals surface area contributed by atoms with Crippen molar-refractivity contribution in [3.05, 3.63) is 41.0 Å². The second kappa shape index (κ2) is 8.13. The van der Waals surface area contributed by atoms with Gasteiger partial charge in [-0.1, -0.05) is 17.7 Å². The van der Waals surface area contributed by atoms with E-state index in [2.05, 4.69) is 9.88 Å². The van der Waals surface area contributed by atoms with Crippen LogP contribution in [0, 0.1) is 0 Å². The van der Waals surface area contributed by atoms with E-state index >= 15 is 0 Å². The lowest BCUT2D eigenvalue weighted by Gasteiger charge is -2.25. The fraction of sp³-hybridized carbons (Fsp3) is 0.474. The average Bonchev–Trinajstić information content (AvgIpc) is 2.80. The normalized spacial score (nSPS) is 19.2. The molecule has 0 saturated carbocycles. The summed E-state index contributed by atoms with van der Waals surface area (Å²) in [6, 6.07) is 8.26. The molecule has 25 heavy (non-hydrogen) atoms. The summed E-state index contributed by atoms with van der Waals surface area (Å²) in [7, 11) is 1.91. The van der Waals surface area contributed by atoms with E-state index in [0.717, 1.165) is 60.4 Å². The molecule has 3 rings (SSSR count). The third-order valence-electron chi connectivity index (χ3n) is 4.94. The molecule has 1 aromatic carbocycles. The minimum atomic E-state index is -0.764. The molecule has 1 saturated heterocycles. The van der Waals surface area contributed by atoms with Gasteiger partial charge >= 0.3 is 5.97 Å². The molecule has 0 aliphatic carbocycles. The Morgan fingerprint density at radius 3 is 3.04 bits per heavy atom. The van der Waals surface area contributed by atoms with Gasteiger partial charge in [0.2, 0.25) is 0 Å². The molecule has 5 nitrogen and oxygen atoms in total. The highest BCUT2D eigenvalue weighted by molar-refractivity contribution is 6.31. The topological polar surface area (TPSA) is 56.7 Å². The van der Waals surface area contributed by atoms with Crippen molar-refractivity contribution in [2.45, 2.75) is 31.8 Å². The lowest BCUT2D eigenvalue weighted by molar-refractivity contribution is -0.138. The summed E-state index contributed by atoms with van der Waals surface area (Å²) < 4.78 is 0. The van der Waals surface area contributed by atoms with E-state index in [1.807, 2.05) is 42.4 Å². The van der Waals surface area contributed by atoms with Crippen LogP contribution in [0.4, 0.5) is 0 Å². The van der Waals surface area contributed by atoms with Gasteiger partial charge < -0.3 is 5.11 Å². The number of halogens is 1. The predicted octanol–water partition coefficient (Wildman–Crippen LogP) is 3.26. The van der Waals surface area contributed by atoms with Crippen molar-refractivity contribution in [3.8, 4) is 0 Å². The zero-order valence-electron chi connectivity index (χ0n) is 14.5. The summed E-state index contributed by atoms with van der Waals surface area (Å²) in [5.41, 5.74) is 2.16. The number of pyridine rings is 1. The molecule has 0 radical (unpaired) electrons. The number of rotatable bonds is 5. The van der Waals surface area contributed by atoms with E-state index < -0.39 is 5.97 Å². The molecular formula is C19H24ClN3O2. The fourth-order valence-corrected chi connectivity index (χ4v) is 3.92. The van der Waals surface area contributed by atoms with Gasteiger partial charge in [-0.2, -0.15) is 0 Å². The maximum absolute atomic E-state index is 10.9. The number of benzene rings is 1. The lowest BCUT2D eigenvalue weighted by Crippen LogP contribution is -2.36. The standard InChI is InChI=1S/C19H24ClN3O2/c1-22(13-18(24)25)17-5-3-8-23(9-6-17)12-15-11-16(20)10-14-4-2-7-21-19(14)15/h2,4,7,10-11,17H,3,5-6,8-9,12-13H2,1H3,(H,24,25). The Morgan fingerprint density at radius 1 is 1.40 bits per heavy atom. The maximum atomic E-state index is 10.9. The van der Waals surface area contributed by atoms with E-state index in [4.69, 9.17) is 16.7 Å². The summed E-state index contributed by atoms with van der Waals surface area (Å²) in [4.78, 5) is 19.8. The van der Waals surface area contributed by atoms with E-state index in [1.54, 1.807) is 0 Å². The van der Waals surface area contributed by atoms with Crippen molar-refractivity contribution >= 4 is 28.5 Å². The van der Waals surface area contributed by atoms with Crippen LogP contribution >= 0.6 is 11.6 Å². The minimum Gasteiger partial charge on any atom is -0.480 e. The van der Waals surface area contributed by atoms with Gasteiger partial charge in [-0.3, -0.25) is 19.6 Å². The van der Waals surface area contributed by atoms with Gasteiger partial charge in [0.1, 0.15) is 0 Å². The highest BCUT2D eigenvalue weighted by Gasteiger charge is 2.22. The Bertz CT molecular complexity index is 753. The first kappa shape index (κ1) is 18.1. The molecule has 1 atom stereocenters. The molecule has 2 aromatic rings. The first-order valence-electron chi connectivity index (χ1n) is 8.70. The second-order valence-electron chi connectivity index (χ2n) is 6.81. The molecule has 0 amide bonds. The second-order valence-corrected chi connectivity index (χ2v) is 7.25. The van der Waals surface area contributed by atoms with Gasteiger partial charge in [-0.05, 0) is 63.2 Å². The van der Waals surface area contributed by atoms with Crippen molar-refractivity contribution in [1.29, 1.82) is 0 Å². The Balaban J connectivity index is 1.69. The molecule has 1 aliphatic rings. The summed E-state index contributed by atoms with van der Waals surface area (Å²) in [6.45, 7) is 2.89. The van der Waals surface area contributed by atoms with Crippen LogP contribution < -0.4 is 0 Å². The molecule has 1 fully saturated rings. The van der Waals surface area contributed by atoms with Crippen molar-refractivity contribution < 1.29 is 9.90 Å². The van der Waals surface area contributed by atoms with Crippen molar-refractivity contribution in [1.82, 2.24) is 14.8 Å². The summed E-state index contributed by atoms with van der Waals surface area (Å²) in [6.07, 6.45) is 4.91. The van der Waals surface area contributed by atoms with E-state index in [0.29, 0.717) is 6.04 Å². The van der Waals surface area contributed by atoms with Crippen molar-refractivity contribution in [3.63, 3.8) is 0 Å². The number of carboxylic acid groups (broad SMARTS) is 1. The third-order valence-corrected chi connectivity index (χ3v) is 5.16. The maximum Gasteiger partial charge on any atom is 0.317 e. The summed E-state index contributed by atoms with van der Waals surface area (Å²) >= 11 is 6.28. The Labute approximate surface area is 153 Å². The monoisotopic (exact) mass is 361 g/mol. The quantitative estimate of drug-likeness (QED) is 0.885. The van der Waals surface area contributed by atoms with Crippen LogP contribution in [0.2, 0.25) is 5.02 Å². The van der Waals surface area contributed by atoms with Crippen LogP contribution in [-0.2, 0) is 11.3 Å². The predicted molar refractivity (Wildman–Crippen MR) is 99.9 cm³/mol. The number of hydrogen-bond acceptors (Lipinski definition) is 4. The molecule has 6 heteroatoms. The number of aliphatic carboxylic acids is 1. The van der Waals surface area contributed by atoms with Crippen LogP contribution in [0.25, 0.3) is 10.9 Å². The van der Waals surface area contributed by atoms with Gasteiger partial charge in [-0.25, -0.2) is 0 Å². The van der Waals surface area contributed by atoms with E-state index in [1.165, 1.54) is 0 Å². The van der Waals surface area contributed by atoms with Gasteiger partial charge in [0.25, 0.3) is 0 Å². The Morgan fingerprint density at radius 2 is 2.24 bits per heavy atom. The molecule has 1 aliphatic heterocycles. The fourth-order valence-electron chi connectivity index (χ4n) is 3.67. The Kier molecular flexibility index (Phi) is 5.89. The van der Waals surface area contributed by atoms with Crippen LogP contribution in [0.1, 0.15) is 24.8 Å². The largest absolute Gasteiger partial charge is 0.480 e. The third kappa shape index (κ3) is 4.69. The minimum absolute atomic E-state index is 0.105. The van der Waals surface area contributed by atoms with Gasteiger partial charge in [0, 0.05) is 29.2 Å². The number of likely N-dealkylation sites (N-methyl/N-ethyl adjacent to an activating group) is 1. The van der Waals surface area contributed by atoms with Crippen LogP contribution in [-0.4, -0.2) is 58.6 Å². The Hall–Kier alpha value is -1.69. The van der Waals surface area contributed by atoms with Crippen molar-refractivity contribution in [2.75, 3.05) is 26.7 Å². The van der Waals surface area contributed by atoms with E-state index in [9.17, 15) is 4.79 Å². The number of hydrogen-bond donors (Lipinski definition) is 1. The zero-order valence-corrected chi connectivity index (χ0v) is 15.2. The summed E-state index contributed by atoms with van der Waals surface area (Å²) in [5, 5.41) is 10.8. The number of nitrogens with zero attached hydrogens (tertiary/aromatic N) is 3. The van der Waals surface area contributed by atoms with Gasteiger partial charge in [-0.15, -0.1) is 0 Å². The number of aromatic nitrogens is 1. The smallest absolute Gasteiger partial charge is 0.317 e. The first-order chi connectivity index (χ1) is 12.0. The SMILES string of the molecule is CN(CC(=O)O)C1CCCN(Cc2cc(Cl)cc3cccnc23)CC1. The van der Waals surface area contributed by atoms with Crippen molar-refractivity contribution in [2.24, 2.45) is 0 Å². The van der Waals surface area contributed by atoms with E-state index in [-0.39, 0.29) is 6.54 Å². The van der Waals surface area contributed by atoms with Crippen LogP contribution in [0.5, 0.6) is 0 Å². The number of likely N-dealkylation sites (tertiary alicyclic amines) is 1. The zero-order chi connectivity index (χ0) is 17.8. The molecule has 1 N–H and O–H groups in total. The molecule has 1 unspecified atom stereocenters. The number of carboxylic acids is 1. The average molecular weight is 362 g/mol. The highest BCUT2D eigenvalue weighted by Crippen LogP contribution is 2.25. The van der Waals surface area contributed by atoms with Gasteiger partial charge in [0.05, 0.1) is 12.1 Å². The molecule has 0 bridgehead atoms. The molecular weight excluding hydrogens is 338 g/mol. The molecule has 1 aromatic heterocycles. The van der Waals surface area contributed by atoms with Crippen LogP contribution in [0.3, 0.4) is 0 Å². The highest BCUT2D eigenvalue weighted by atomic mass is 35.5. The molecule has 0 spiro atoms. The first-order valence-corrected chi connectivity index (χ1v) is 9.08. The van der Waals surface area contributed by atoms with Gasteiger partial charge in [0.15, 0.2) is 0 Å². The van der Waals surface area contributed by atoms with Crippen LogP contribution in [0.15, 0.2) is 30.5 Å². The lowest BCUT2D eigenvalue weighted by atomic mass is 10.1. The number of fused-ring (bicyclic) bond motifs is 1. The summed E-state index contributed by atoms with van der Waals surface area (Å²) in [5.74, 6) is -0.764. The number of carbonyl (C=O) groups is 1. The molecule has 134 valence electrons.